The highest BCUT2D eigenvalue weighted by Gasteiger charge is 2.19. The molecule has 0 unspecified atom stereocenters. The van der Waals surface area contributed by atoms with E-state index in [2.05, 4.69) is 4.57 Å². The molecule has 0 aliphatic rings. The zero-order chi connectivity index (χ0) is 24.1. The number of methoxy groups -OCH3 is 1. The van der Waals surface area contributed by atoms with Gasteiger partial charge < -0.3 is 28.2 Å². The molecule has 4 aromatic rings. The average molecular weight is 481 g/mol. The van der Waals surface area contributed by atoms with Gasteiger partial charge >= 0.3 is 5.97 Å². The molecule has 178 valence electrons. The fraction of sp³-hybridized carbons (Fsp3) is 0.269. The highest BCUT2D eigenvalue weighted by Crippen LogP contribution is 2.39. The maximum atomic E-state index is 12.1. The van der Waals surface area contributed by atoms with E-state index in [1.807, 2.05) is 62.4 Å². The highest BCUT2D eigenvalue weighted by molar-refractivity contribution is 7.47. The summed E-state index contributed by atoms with van der Waals surface area (Å²) < 4.78 is 24.6. The summed E-state index contributed by atoms with van der Waals surface area (Å²) >= 11 is 0. The molecular formula is C26H28NO6P. The molecule has 1 aromatic heterocycles. The van der Waals surface area contributed by atoms with E-state index in [1.54, 1.807) is 19.2 Å². The molecule has 0 saturated carbocycles. The minimum absolute atomic E-state index is 0.263. The molecule has 0 spiro atoms. The predicted octanol–water partition coefficient (Wildman–Crippen LogP) is 6.27. The quantitative estimate of drug-likeness (QED) is 0.254. The number of benzene rings is 3. The van der Waals surface area contributed by atoms with Gasteiger partial charge in [0.05, 0.1) is 31.4 Å². The molecule has 8 heteroatoms. The van der Waals surface area contributed by atoms with Crippen molar-refractivity contribution in [1.29, 1.82) is 0 Å². The fourth-order valence-corrected chi connectivity index (χ4v) is 5.06. The van der Waals surface area contributed by atoms with Gasteiger partial charge in [-0.05, 0) is 61.9 Å². The molecule has 0 amide bonds. The normalized spacial score (nSPS) is 11.4. The molecule has 1 N–H and O–H groups in total. The summed E-state index contributed by atoms with van der Waals surface area (Å²) in [7, 11) is 0.497. The number of hydrogen-bond acceptors (Lipinski definition) is 5. The molecule has 1 heterocycles. The van der Waals surface area contributed by atoms with Gasteiger partial charge in [-0.3, -0.25) is 0 Å². The summed E-state index contributed by atoms with van der Waals surface area (Å²) in [6, 6.07) is 19.0. The van der Waals surface area contributed by atoms with Crippen LogP contribution in [0.2, 0.25) is 0 Å². The minimum Gasteiger partial charge on any atom is -0.497 e. The Hall–Kier alpha value is -3.12. The van der Waals surface area contributed by atoms with Crippen molar-refractivity contribution in [1.82, 2.24) is 4.57 Å². The van der Waals surface area contributed by atoms with E-state index in [0.717, 1.165) is 27.7 Å². The van der Waals surface area contributed by atoms with Gasteiger partial charge in [0.25, 0.3) is 0 Å². The van der Waals surface area contributed by atoms with Crippen LogP contribution in [0.3, 0.4) is 0 Å². The Morgan fingerprint density at radius 3 is 2.29 bits per heavy atom. The van der Waals surface area contributed by atoms with Gasteiger partial charge in [-0.2, -0.15) is 0 Å². The Labute approximate surface area is 199 Å². The molecule has 7 nitrogen and oxygen atoms in total. The van der Waals surface area contributed by atoms with E-state index in [-0.39, 0.29) is 5.56 Å². The molecule has 0 saturated heterocycles. The van der Waals surface area contributed by atoms with Crippen LogP contribution in [0.5, 0.6) is 11.5 Å². The summed E-state index contributed by atoms with van der Waals surface area (Å²) in [4.78, 5) is 12.1. The number of carboxylic acids is 1. The van der Waals surface area contributed by atoms with Crippen LogP contribution in [0.1, 0.15) is 29.8 Å². The van der Waals surface area contributed by atoms with Gasteiger partial charge in [0.2, 0.25) is 8.38 Å². The second-order valence-corrected chi connectivity index (χ2v) is 9.00. The lowest BCUT2D eigenvalue weighted by Gasteiger charge is -2.16. The van der Waals surface area contributed by atoms with E-state index >= 15 is 0 Å². The molecule has 0 atom stereocenters. The van der Waals surface area contributed by atoms with E-state index in [1.165, 1.54) is 0 Å². The standard InChI is InChI=1S/C26H28NO6P/c1-4-32-34(33-5-2)17-31-20-13-14-23-22(15-20)25-21(26(28)29)7-6-8-24(25)27(23)16-18-9-11-19(30-3)12-10-18/h6-15H,4-5,16-17H2,1-3H3,(H,28,29). The first-order chi connectivity index (χ1) is 16.5. The molecule has 4 rings (SSSR count). The Kier molecular flexibility index (Phi) is 7.68. The summed E-state index contributed by atoms with van der Waals surface area (Å²) in [5, 5.41) is 11.4. The number of nitrogens with zero attached hydrogens (tertiary/aromatic N) is 1. The lowest BCUT2D eigenvalue weighted by molar-refractivity contribution is 0.0699. The van der Waals surface area contributed by atoms with Gasteiger partial charge in [-0.25, -0.2) is 4.79 Å². The van der Waals surface area contributed by atoms with E-state index in [9.17, 15) is 9.90 Å². The summed E-state index contributed by atoms with van der Waals surface area (Å²) in [5.41, 5.74) is 3.14. The van der Waals surface area contributed by atoms with Gasteiger partial charge in [0.15, 0.2) is 6.35 Å². The third-order valence-corrected chi connectivity index (χ3v) is 6.91. The number of ether oxygens (including phenoxy) is 2. The molecule has 0 bridgehead atoms. The Balaban J connectivity index is 1.77. The van der Waals surface area contributed by atoms with Crippen molar-refractivity contribution in [3.63, 3.8) is 0 Å². The second-order valence-electron chi connectivity index (χ2n) is 7.56. The van der Waals surface area contributed by atoms with Crippen molar-refractivity contribution in [3.8, 4) is 11.5 Å². The first kappa shape index (κ1) is 24.0. The molecule has 0 aliphatic heterocycles. The lowest BCUT2D eigenvalue weighted by atomic mass is 10.1. The van der Waals surface area contributed by atoms with Crippen LogP contribution in [0.15, 0.2) is 60.7 Å². The number of carboxylic acid groups (broad SMARTS) is 1. The van der Waals surface area contributed by atoms with Crippen LogP contribution in [0.4, 0.5) is 0 Å². The zero-order valence-corrected chi connectivity index (χ0v) is 20.4. The number of aromatic carboxylic acids is 1. The number of rotatable bonds is 11. The van der Waals surface area contributed by atoms with Gasteiger partial charge in [-0.15, -0.1) is 0 Å². The van der Waals surface area contributed by atoms with E-state index < -0.39 is 14.3 Å². The molecule has 0 aliphatic carbocycles. The zero-order valence-electron chi connectivity index (χ0n) is 19.5. The van der Waals surface area contributed by atoms with Crippen molar-refractivity contribution in [2.24, 2.45) is 0 Å². The predicted molar refractivity (Wildman–Crippen MR) is 134 cm³/mol. The summed E-state index contributed by atoms with van der Waals surface area (Å²) in [5.74, 6) is 0.472. The van der Waals surface area contributed by atoms with Crippen LogP contribution >= 0.6 is 8.38 Å². The highest BCUT2D eigenvalue weighted by atomic mass is 31.2. The smallest absolute Gasteiger partial charge is 0.336 e. The molecule has 0 radical (unpaired) electrons. The monoisotopic (exact) mass is 481 g/mol. The third kappa shape index (κ3) is 5.02. The Bertz CT molecular complexity index is 1280. The van der Waals surface area contributed by atoms with Crippen LogP contribution in [0, 0.1) is 0 Å². The van der Waals surface area contributed by atoms with Crippen LogP contribution in [-0.2, 0) is 15.6 Å². The third-order valence-electron chi connectivity index (χ3n) is 5.47. The van der Waals surface area contributed by atoms with Gasteiger partial charge in [0.1, 0.15) is 11.5 Å². The molecule has 0 fully saturated rings. The maximum absolute atomic E-state index is 12.1. The summed E-state index contributed by atoms with van der Waals surface area (Å²) in [6.07, 6.45) is 0.304. The SMILES string of the molecule is CCOP(COc1ccc2c(c1)c1c(C(=O)O)cccc1n2Cc1ccc(OC)cc1)OCC. The van der Waals surface area contributed by atoms with Crippen molar-refractivity contribution in [2.75, 3.05) is 26.7 Å². The lowest BCUT2D eigenvalue weighted by Crippen LogP contribution is -2.02. The van der Waals surface area contributed by atoms with Crippen LogP contribution < -0.4 is 9.47 Å². The average Bonchev–Trinajstić information content (AvgIpc) is 3.16. The maximum Gasteiger partial charge on any atom is 0.336 e. The molecule has 34 heavy (non-hydrogen) atoms. The van der Waals surface area contributed by atoms with Crippen molar-refractivity contribution >= 4 is 36.2 Å². The minimum atomic E-state index is -1.14. The van der Waals surface area contributed by atoms with Crippen molar-refractivity contribution in [2.45, 2.75) is 20.4 Å². The number of fused-ring (bicyclic) bond motifs is 3. The van der Waals surface area contributed by atoms with Crippen molar-refractivity contribution in [3.05, 3.63) is 71.8 Å². The number of carbonyl (C=O) groups is 1. The second kappa shape index (κ2) is 10.9. The number of hydrogen-bond donors (Lipinski definition) is 1. The topological polar surface area (TPSA) is 79.2 Å². The first-order valence-electron chi connectivity index (χ1n) is 11.1. The number of aromatic nitrogens is 1. The fourth-order valence-electron chi connectivity index (χ4n) is 4.01. The molecule has 3 aromatic carbocycles. The van der Waals surface area contributed by atoms with Crippen molar-refractivity contribution < 1.29 is 28.4 Å². The van der Waals surface area contributed by atoms with Crippen LogP contribution in [-0.4, -0.2) is 42.3 Å². The first-order valence-corrected chi connectivity index (χ1v) is 12.5. The van der Waals surface area contributed by atoms with Gasteiger partial charge in [0, 0.05) is 22.8 Å². The molecular weight excluding hydrogens is 453 g/mol. The summed E-state index contributed by atoms with van der Waals surface area (Å²) in [6.45, 7) is 5.54. The van der Waals surface area contributed by atoms with E-state index in [0.29, 0.717) is 37.2 Å². The van der Waals surface area contributed by atoms with Gasteiger partial charge in [-0.1, -0.05) is 18.2 Å². The largest absolute Gasteiger partial charge is 0.497 e. The Morgan fingerprint density at radius 2 is 1.65 bits per heavy atom. The van der Waals surface area contributed by atoms with E-state index in [4.69, 9.17) is 18.5 Å². The van der Waals surface area contributed by atoms with Crippen LogP contribution in [0.25, 0.3) is 21.8 Å². The Morgan fingerprint density at radius 1 is 0.941 bits per heavy atom.